The zero-order valence-corrected chi connectivity index (χ0v) is 14.7. The molecule has 0 saturated carbocycles. The van der Waals surface area contributed by atoms with Crippen molar-refractivity contribution in [1.82, 2.24) is 4.98 Å². The first-order valence-electron chi connectivity index (χ1n) is 9.46. The van der Waals surface area contributed by atoms with E-state index in [1.165, 1.54) is 12.3 Å². The van der Waals surface area contributed by atoms with Crippen LogP contribution in [0.1, 0.15) is 37.4 Å². The third-order valence-electron chi connectivity index (χ3n) is 4.79. The number of para-hydroxylation sites is 1. The summed E-state index contributed by atoms with van der Waals surface area (Å²) in [5.74, 6) is 0.561. The van der Waals surface area contributed by atoms with Gasteiger partial charge in [-0.3, -0.25) is 4.98 Å². The summed E-state index contributed by atoms with van der Waals surface area (Å²) in [5, 5.41) is 0. The summed E-state index contributed by atoms with van der Waals surface area (Å²) in [4.78, 5) is 4.35. The number of hydrogen-bond donors (Lipinski definition) is 0. The van der Waals surface area contributed by atoms with Crippen molar-refractivity contribution < 1.29 is 18.2 Å². The van der Waals surface area contributed by atoms with Gasteiger partial charge in [0, 0.05) is 21.3 Å². The van der Waals surface area contributed by atoms with Crippen molar-refractivity contribution >= 4 is 12.6 Å². The number of ether oxygens (including phenoxy) is 1. The van der Waals surface area contributed by atoms with Crippen LogP contribution >= 0.6 is 0 Å². The van der Waals surface area contributed by atoms with Crippen LogP contribution in [0.25, 0.3) is 11.3 Å². The maximum absolute atomic E-state index is 7.63. The second kappa shape index (κ2) is 5.90. The van der Waals surface area contributed by atoms with Crippen LogP contribution in [-0.2, 0) is 9.31 Å². The predicted molar refractivity (Wildman–Crippen MR) is 96.7 cm³/mol. The molecule has 0 atom stereocenters. The minimum atomic E-state index is -2.20. The number of hydrogen-bond acceptors (Lipinski definition) is 4. The SMILES string of the molecule is [2H]C([2H])([2H])c1ccnc(-c2cccc(B3OC(C)(C)C(C)(C)O3)c2OC)c1. The molecule has 0 N–H and O–H groups in total. The highest BCUT2D eigenvalue weighted by molar-refractivity contribution is 6.63. The van der Waals surface area contributed by atoms with Gasteiger partial charge in [0.1, 0.15) is 5.75 Å². The van der Waals surface area contributed by atoms with Crippen molar-refractivity contribution in [3.63, 3.8) is 0 Å². The normalized spacial score (nSPS) is 21.0. The molecule has 2 aromatic rings. The average Bonchev–Trinajstić information content (AvgIpc) is 2.81. The molecule has 1 aliphatic rings. The third-order valence-corrected chi connectivity index (χ3v) is 4.79. The lowest BCUT2D eigenvalue weighted by atomic mass is 9.77. The van der Waals surface area contributed by atoms with Gasteiger partial charge in [0.2, 0.25) is 0 Å². The van der Waals surface area contributed by atoms with Crippen molar-refractivity contribution in [2.75, 3.05) is 7.11 Å². The van der Waals surface area contributed by atoms with E-state index in [-0.39, 0.29) is 5.56 Å². The fourth-order valence-electron chi connectivity index (χ4n) is 2.72. The highest BCUT2D eigenvalue weighted by Crippen LogP contribution is 2.38. The largest absolute Gasteiger partial charge is 0.498 e. The zero-order valence-electron chi connectivity index (χ0n) is 17.7. The molecule has 1 aliphatic heterocycles. The summed E-state index contributed by atoms with van der Waals surface area (Å²) in [6.07, 6.45) is 1.50. The third kappa shape index (κ3) is 2.83. The van der Waals surface area contributed by atoms with Crippen LogP contribution < -0.4 is 10.2 Å². The second-order valence-corrected chi connectivity index (χ2v) is 6.95. The Labute approximate surface area is 148 Å². The fourth-order valence-corrected chi connectivity index (χ4v) is 2.72. The van der Waals surface area contributed by atoms with Crippen LogP contribution in [0, 0.1) is 6.85 Å². The highest BCUT2D eigenvalue weighted by Gasteiger charge is 2.52. The van der Waals surface area contributed by atoms with Gasteiger partial charge in [0.05, 0.1) is 24.0 Å². The Morgan fingerprint density at radius 1 is 1.12 bits per heavy atom. The average molecular weight is 328 g/mol. The maximum Gasteiger partial charge on any atom is 0.498 e. The Bertz CT molecular complexity index is 836. The molecule has 0 aliphatic carbocycles. The van der Waals surface area contributed by atoms with Gasteiger partial charge in [-0.25, -0.2) is 0 Å². The monoisotopic (exact) mass is 328 g/mol. The van der Waals surface area contributed by atoms with Crippen molar-refractivity contribution in [3.8, 4) is 17.0 Å². The van der Waals surface area contributed by atoms with Gasteiger partial charge < -0.3 is 14.0 Å². The Hall–Kier alpha value is -1.85. The van der Waals surface area contributed by atoms with E-state index in [1.807, 2.05) is 45.9 Å². The topological polar surface area (TPSA) is 40.6 Å². The van der Waals surface area contributed by atoms with Crippen LogP contribution in [0.4, 0.5) is 0 Å². The van der Waals surface area contributed by atoms with E-state index in [0.29, 0.717) is 17.0 Å². The lowest BCUT2D eigenvalue weighted by molar-refractivity contribution is 0.00578. The number of nitrogens with zero attached hydrogens (tertiary/aromatic N) is 1. The Kier molecular flexibility index (Phi) is 3.31. The van der Waals surface area contributed by atoms with Gasteiger partial charge in [-0.2, -0.15) is 0 Å². The smallest absolute Gasteiger partial charge is 0.496 e. The summed E-state index contributed by atoms with van der Waals surface area (Å²) in [7, 11) is 0.983. The summed E-state index contributed by atoms with van der Waals surface area (Å²) in [5.41, 5.74) is 1.25. The van der Waals surface area contributed by atoms with E-state index in [0.717, 1.165) is 5.46 Å². The molecule has 0 radical (unpaired) electrons. The van der Waals surface area contributed by atoms with E-state index >= 15 is 0 Å². The maximum atomic E-state index is 7.63. The predicted octanol–water partition coefficient (Wildman–Crippen LogP) is 3.36. The molecule has 1 aromatic carbocycles. The minimum Gasteiger partial charge on any atom is -0.496 e. The highest BCUT2D eigenvalue weighted by atomic mass is 16.7. The Morgan fingerprint density at radius 3 is 2.46 bits per heavy atom. The molecular formula is C19H24BNO3. The van der Waals surface area contributed by atoms with Crippen LogP contribution in [0.5, 0.6) is 5.75 Å². The second-order valence-electron chi connectivity index (χ2n) is 6.95. The lowest BCUT2D eigenvalue weighted by Gasteiger charge is -2.32. The van der Waals surface area contributed by atoms with E-state index in [4.69, 9.17) is 18.2 Å². The van der Waals surface area contributed by atoms with Gasteiger partial charge in [-0.15, -0.1) is 0 Å². The summed E-state index contributed by atoms with van der Waals surface area (Å²) < 4.78 is 40.9. The van der Waals surface area contributed by atoms with Gasteiger partial charge in [0.25, 0.3) is 0 Å². The number of benzene rings is 1. The van der Waals surface area contributed by atoms with Crippen molar-refractivity contribution in [2.24, 2.45) is 0 Å². The van der Waals surface area contributed by atoms with E-state index in [1.54, 1.807) is 13.2 Å². The zero-order chi connectivity index (χ0) is 20.0. The molecule has 24 heavy (non-hydrogen) atoms. The van der Waals surface area contributed by atoms with E-state index < -0.39 is 25.2 Å². The fraction of sp³-hybridized carbons (Fsp3) is 0.421. The molecule has 126 valence electrons. The summed E-state index contributed by atoms with van der Waals surface area (Å²) >= 11 is 0. The molecule has 0 bridgehead atoms. The first-order chi connectivity index (χ1) is 12.5. The van der Waals surface area contributed by atoms with Gasteiger partial charge in [0.15, 0.2) is 0 Å². The molecule has 5 heteroatoms. The van der Waals surface area contributed by atoms with E-state index in [2.05, 4.69) is 4.98 Å². The number of rotatable bonds is 3. The molecule has 4 nitrogen and oxygen atoms in total. The molecule has 1 fully saturated rings. The standard InChI is InChI=1S/C19H24BNO3/c1-13-10-11-21-16(12-13)14-8-7-9-15(17(14)22-6)20-23-18(2,3)19(4,5)24-20/h7-12H,1-6H3/i1D3. The summed E-state index contributed by atoms with van der Waals surface area (Å²) in [6, 6.07) is 8.67. The number of methoxy groups -OCH3 is 1. The van der Waals surface area contributed by atoms with Crippen molar-refractivity contribution in [1.29, 1.82) is 0 Å². The molecule has 0 spiro atoms. The molecule has 3 rings (SSSR count). The van der Waals surface area contributed by atoms with Gasteiger partial charge in [-0.1, -0.05) is 12.1 Å². The molecule has 0 amide bonds. The first-order valence-corrected chi connectivity index (χ1v) is 7.96. The van der Waals surface area contributed by atoms with Crippen LogP contribution in [0.15, 0.2) is 36.5 Å². The van der Waals surface area contributed by atoms with Crippen LogP contribution in [0.3, 0.4) is 0 Å². The number of aryl methyl sites for hydroxylation is 1. The number of pyridine rings is 1. The van der Waals surface area contributed by atoms with Crippen molar-refractivity contribution in [3.05, 3.63) is 42.1 Å². The minimum absolute atomic E-state index is 0.232. The van der Waals surface area contributed by atoms with Crippen LogP contribution in [0.2, 0.25) is 0 Å². The summed E-state index contributed by atoms with van der Waals surface area (Å²) in [6.45, 7) is 5.76. The van der Waals surface area contributed by atoms with Crippen molar-refractivity contribution in [2.45, 2.75) is 45.7 Å². The number of aromatic nitrogens is 1. The molecule has 0 unspecified atom stereocenters. The van der Waals surface area contributed by atoms with Crippen LogP contribution in [-0.4, -0.2) is 30.4 Å². The Morgan fingerprint density at radius 2 is 1.83 bits per heavy atom. The first kappa shape index (κ1) is 13.4. The molecule has 2 heterocycles. The van der Waals surface area contributed by atoms with Gasteiger partial charge >= 0.3 is 7.12 Å². The molecule has 1 saturated heterocycles. The lowest BCUT2D eigenvalue weighted by Crippen LogP contribution is -2.41. The quantitative estimate of drug-likeness (QED) is 0.810. The molecular weight excluding hydrogens is 301 g/mol. The van der Waals surface area contributed by atoms with Gasteiger partial charge in [-0.05, 0) is 58.3 Å². The Balaban J connectivity index is 2.07. The van der Waals surface area contributed by atoms with E-state index in [9.17, 15) is 0 Å². The molecule has 1 aromatic heterocycles.